The molecule has 8 heteroatoms. The first kappa shape index (κ1) is 19.4. The number of halogens is 1. The number of carbonyl (C=O) groups excluding carboxylic acids is 1. The smallest absolute Gasteiger partial charge is 0.336 e. The summed E-state index contributed by atoms with van der Waals surface area (Å²) in [5.41, 5.74) is 2.04. The average Bonchev–Trinajstić information content (AvgIpc) is 2.87. The summed E-state index contributed by atoms with van der Waals surface area (Å²) in [6.45, 7) is 1.69. The zero-order chi connectivity index (χ0) is 19.7. The Morgan fingerprint density at radius 1 is 1.30 bits per heavy atom. The number of amidine groups is 1. The summed E-state index contributed by atoms with van der Waals surface area (Å²) >= 11 is 3.25. The predicted octanol–water partition coefficient (Wildman–Crippen LogP) is 4.24. The second kappa shape index (κ2) is 7.73. The van der Waals surface area contributed by atoms with Crippen molar-refractivity contribution in [2.75, 3.05) is 7.05 Å². The van der Waals surface area contributed by atoms with Crippen LogP contribution in [0.5, 0.6) is 5.75 Å². The highest BCUT2D eigenvalue weighted by molar-refractivity contribution is 14.1. The molecule has 3 rings (SSSR count). The number of likely N-dealkylation sites (N-methyl/N-ethyl adjacent to an activating group) is 1. The van der Waals surface area contributed by atoms with E-state index in [-0.39, 0.29) is 17.2 Å². The molecular weight excluding hydrogens is 479 g/mol. The first-order chi connectivity index (χ1) is 12.8. The fourth-order valence-electron chi connectivity index (χ4n) is 2.50. The summed E-state index contributed by atoms with van der Waals surface area (Å²) in [6.07, 6.45) is 1.74. The molecule has 2 aromatic rings. The molecule has 1 fully saturated rings. The molecule has 1 aliphatic heterocycles. The number of hydrogen-bond donors (Lipinski definition) is 2. The fourth-order valence-corrected chi connectivity index (χ4v) is 4.01. The Labute approximate surface area is 173 Å². The maximum absolute atomic E-state index is 12.5. The van der Waals surface area contributed by atoms with Crippen LogP contribution in [0.3, 0.4) is 0 Å². The van der Waals surface area contributed by atoms with Crippen LogP contribution in [0.4, 0.5) is 5.69 Å². The maximum Gasteiger partial charge on any atom is 0.336 e. The molecule has 0 aromatic heterocycles. The van der Waals surface area contributed by atoms with E-state index in [4.69, 9.17) is 0 Å². The number of nitrogens with zero attached hydrogens (tertiary/aromatic N) is 2. The maximum atomic E-state index is 12.5. The molecule has 0 bridgehead atoms. The molecule has 0 atom stereocenters. The van der Waals surface area contributed by atoms with Crippen LogP contribution in [-0.4, -0.2) is 39.2 Å². The SMILES string of the molecule is Cc1c(N=C2S/C(=C\c3ccc(O)c(I)c3)C(=O)N2C)cccc1C(=O)O. The van der Waals surface area contributed by atoms with Crippen LogP contribution >= 0.6 is 34.4 Å². The van der Waals surface area contributed by atoms with Crippen molar-refractivity contribution < 1.29 is 19.8 Å². The Balaban J connectivity index is 1.95. The molecule has 6 nitrogen and oxygen atoms in total. The van der Waals surface area contributed by atoms with Crippen molar-refractivity contribution in [2.24, 2.45) is 4.99 Å². The molecule has 27 heavy (non-hydrogen) atoms. The van der Waals surface area contributed by atoms with Gasteiger partial charge >= 0.3 is 5.97 Å². The molecule has 138 valence electrons. The largest absolute Gasteiger partial charge is 0.507 e. The van der Waals surface area contributed by atoms with E-state index >= 15 is 0 Å². The van der Waals surface area contributed by atoms with Crippen LogP contribution in [0, 0.1) is 10.5 Å². The summed E-state index contributed by atoms with van der Waals surface area (Å²) < 4.78 is 0.695. The number of aromatic carboxylic acids is 1. The highest BCUT2D eigenvalue weighted by atomic mass is 127. The predicted molar refractivity (Wildman–Crippen MR) is 114 cm³/mol. The number of phenols is 1. The average molecular weight is 494 g/mol. The third-order valence-corrected chi connectivity index (χ3v) is 5.95. The van der Waals surface area contributed by atoms with Crippen molar-refractivity contribution in [1.82, 2.24) is 4.90 Å². The van der Waals surface area contributed by atoms with E-state index in [0.29, 0.717) is 24.9 Å². The van der Waals surface area contributed by atoms with Gasteiger partial charge in [0.05, 0.1) is 19.7 Å². The van der Waals surface area contributed by atoms with Crippen molar-refractivity contribution in [3.63, 3.8) is 0 Å². The van der Waals surface area contributed by atoms with Crippen molar-refractivity contribution >= 4 is 63.2 Å². The molecule has 2 aromatic carbocycles. The van der Waals surface area contributed by atoms with Gasteiger partial charge in [-0.1, -0.05) is 12.1 Å². The topological polar surface area (TPSA) is 90.2 Å². The van der Waals surface area contributed by atoms with E-state index in [2.05, 4.69) is 4.99 Å². The quantitative estimate of drug-likeness (QED) is 0.493. The molecule has 0 unspecified atom stereocenters. The van der Waals surface area contributed by atoms with Crippen molar-refractivity contribution in [3.05, 3.63) is 61.6 Å². The van der Waals surface area contributed by atoms with Crippen molar-refractivity contribution in [3.8, 4) is 5.75 Å². The molecule has 1 saturated heterocycles. The number of hydrogen-bond acceptors (Lipinski definition) is 5. The van der Waals surface area contributed by atoms with Gasteiger partial charge in [0.1, 0.15) is 5.75 Å². The summed E-state index contributed by atoms with van der Waals surface area (Å²) in [6, 6.07) is 9.97. The van der Waals surface area contributed by atoms with Crippen molar-refractivity contribution in [1.29, 1.82) is 0 Å². The van der Waals surface area contributed by atoms with Crippen LogP contribution in [-0.2, 0) is 4.79 Å². The van der Waals surface area contributed by atoms with Crippen LogP contribution in [0.2, 0.25) is 0 Å². The van der Waals surface area contributed by atoms with Gasteiger partial charge in [-0.2, -0.15) is 0 Å². The number of aromatic hydroxyl groups is 1. The molecule has 1 heterocycles. The number of phenolic OH excluding ortho intramolecular Hbond substituents is 1. The van der Waals surface area contributed by atoms with E-state index in [9.17, 15) is 19.8 Å². The standard InChI is InChI=1S/C19H15IN2O4S/c1-10-12(18(25)26)4-3-5-14(10)21-19-22(2)17(24)16(27-19)9-11-6-7-15(23)13(20)8-11/h3-9,23H,1-2H3,(H,25,26)/b16-9-,21-19?. The van der Waals surface area contributed by atoms with Crippen LogP contribution in [0.25, 0.3) is 6.08 Å². The Kier molecular flexibility index (Phi) is 5.56. The fraction of sp³-hybridized carbons (Fsp3) is 0.105. The summed E-state index contributed by atoms with van der Waals surface area (Å²) in [4.78, 5) is 30.3. The third kappa shape index (κ3) is 4.01. The van der Waals surface area contributed by atoms with E-state index in [0.717, 1.165) is 5.56 Å². The Morgan fingerprint density at radius 2 is 2.04 bits per heavy atom. The number of carboxylic acids is 1. The first-order valence-electron chi connectivity index (χ1n) is 7.85. The molecule has 0 spiro atoms. The van der Waals surface area contributed by atoms with Crippen LogP contribution in [0.15, 0.2) is 46.3 Å². The number of carboxylic acid groups (broad SMARTS) is 1. The summed E-state index contributed by atoms with van der Waals surface area (Å²) in [5, 5.41) is 19.3. The van der Waals surface area contributed by atoms with Gasteiger partial charge in [-0.15, -0.1) is 0 Å². The van der Waals surface area contributed by atoms with Gasteiger partial charge in [-0.3, -0.25) is 9.69 Å². The molecule has 1 amide bonds. The molecular formula is C19H15IN2O4S. The number of aliphatic imine (C=N–C) groups is 1. The van der Waals surface area contributed by atoms with Crippen LogP contribution in [0.1, 0.15) is 21.5 Å². The minimum atomic E-state index is -1.01. The Morgan fingerprint density at radius 3 is 2.70 bits per heavy atom. The van der Waals surface area contributed by atoms with Gasteiger partial charge in [0, 0.05) is 7.05 Å². The van der Waals surface area contributed by atoms with Gasteiger partial charge in [0.25, 0.3) is 5.91 Å². The molecule has 0 saturated carbocycles. The van der Waals surface area contributed by atoms with Gasteiger partial charge in [-0.25, -0.2) is 9.79 Å². The summed E-state index contributed by atoms with van der Waals surface area (Å²) in [5.74, 6) is -1.01. The Hall–Kier alpha value is -2.33. The zero-order valence-electron chi connectivity index (χ0n) is 14.4. The second-order valence-corrected chi connectivity index (χ2v) is 8.01. The van der Waals surface area contributed by atoms with Crippen LogP contribution < -0.4 is 0 Å². The molecule has 0 radical (unpaired) electrons. The van der Waals surface area contributed by atoms with E-state index in [1.165, 1.54) is 22.7 Å². The lowest BCUT2D eigenvalue weighted by atomic mass is 10.1. The van der Waals surface area contributed by atoms with Crippen molar-refractivity contribution in [2.45, 2.75) is 6.92 Å². The lowest BCUT2D eigenvalue weighted by Crippen LogP contribution is -2.23. The minimum Gasteiger partial charge on any atom is -0.507 e. The van der Waals surface area contributed by atoms with E-state index < -0.39 is 5.97 Å². The monoisotopic (exact) mass is 494 g/mol. The number of benzene rings is 2. The first-order valence-corrected chi connectivity index (χ1v) is 9.75. The Bertz CT molecular complexity index is 1020. The van der Waals surface area contributed by atoms with Gasteiger partial charge in [0.15, 0.2) is 5.17 Å². The summed E-state index contributed by atoms with van der Waals surface area (Å²) in [7, 11) is 1.63. The number of amides is 1. The van der Waals surface area contributed by atoms with Gasteiger partial charge in [0.2, 0.25) is 0 Å². The number of carbonyl (C=O) groups is 2. The molecule has 0 aliphatic carbocycles. The third-order valence-electron chi connectivity index (χ3n) is 4.02. The highest BCUT2D eigenvalue weighted by Gasteiger charge is 2.30. The normalized spacial score (nSPS) is 17.1. The number of rotatable bonds is 3. The van der Waals surface area contributed by atoms with E-state index in [1.807, 2.05) is 22.6 Å². The number of thioether (sulfide) groups is 1. The second-order valence-electron chi connectivity index (χ2n) is 5.83. The van der Waals surface area contributed by atoms with E-state index in [1.54, 1.807) is 50.4 Å². The molecule has 2 N–H and O–H groups in total. The highest BCUT2D eigenvalue weighted by Crippen LogP contribution is 2.34. The van der Waals surface area contributed by atoms with Gasteiger partial charge in [-0.05, 0) is 82.7 Å². The van der Waals surface area contributed by atoms with Gasteiger partial charge < -0.3 is 10.2 Å². The minimum absolute atomic E-state index is 0.184. The lowest BCUT2D eigenvalue weighted by molar-refractivity contribution is -0.121. The lowest BCUT2D eigenvalue weighted by Gasteiger charge is -2.09. The molecule has 1 aliphatic rings. The zero-order valence-corrected chi connectivity index (χ0v) is 17.4.